The van der Waals surface area contributed by atoms with Crippen LogP contribution in [0.2, 0.25) is 5.02 Å². The van der Waals surface area contributed by atoms with E-state index in [0.29, 0.717) is 5.02 Å². The second kappa shape index (κ2) is 9.95. The second-order valence-corrected chi connectivity index (χ2v) is 8.24. The van der Waals surface area contributed by atoms with E-state index in [1.807, 2.05) is 0 Å². The van der Waals surface area contributed by atoms with Crippen molar-refractivity contribution in [1.29, 1.82) is 0 Å². The molecule has 4 rings (SSSR count). The van der Waals surface area contributed by atoms with Crippen molar-refractivity contribution in [2.24, 2.45) is 0 Å². The zero-order chi connectivity index (χ0) is 25.3. The number of hydrogen-bond acceptors (Lipinski definition) is 4. The number of benzene rings is 2. The highest BCUT2D eigenvalue weighted by Gasteiger charge is 2.45. The molecular weight excluding hydrogens is 492 g/mol. The van der Waals surface area contributed by atoms with Crippen molar-refractivity contribution in [1.82, 2.24) is 15.1 Å². The van der Waals surface area contributed by atoms with E-state index >= 15 is 0 Å². The number of aromatic nitrogens is 2. The molecule has 7 nitrogen and oxygen atoms in total. The van der Waals surface area contributed by atoms with Gasteiger partial charge in [0, 0.05) is 53.0 Å². The summed E-state index contributed by atoms with van der Waals surface area (Å²) in [6.07, 6.45) is -1.41. The lowest BCUT2D eigenvalue weighted by atomic mass is 9.92. The first-order valence-electron chi connectivity index (χ1n) is 10.4. The molecule has 2 heterocycles. The maximum atomic E-state index is 15.0. The van der Waals surface area contributed by atoms with Crippen LogP contribution < -0.4 is 15.0 Å². The number of anilines is 1. The number of carbonyl (C=O) groups is 2. The number of hydrogen-bond donors (Lipinski definition) is 1. The van der Waals surface area contributed by atoms with Crippen LogP contribution in [0.1, 0.15) is 21.8 Å². The van der Waals surface area contributed by atoms with Crippen LogP contribution >= 0.6 is 11.6 Å². The highest BCUT2D eigenvalue weighted by Crippen LogP contribution is 2.36. The maximum Gasteiger partial charge on any atom is 0.257 e. The summed E-state index contributed by atoms with van der Waals surface area (Å²) in [6.45, 7) is -0.944. The van der Waals surface area contributed by atoms with Crippen LogP contribution in [0.3, 0.4) is 0 Å². The maximum absolute atomic E-state index is 15.0. The summed E-state index contributed by atoms with van der Waals surface area (Å²) >= 11 is 5.85. The fraction of sp³-hybridized carbons (Fsp3) is 0.261. The molecule has 1 aliphatic heterocycles. The second-order valence-electron chi connectivity index (χ2n) is 7.81. The van der Waals surface area contributed by atoms with E-state index in [2.05, 4.69) is 10.4 Å². The Bertz CT molecular complexity index is 1230. The average Bonchev–Trinajstić information content (AvgIpc) is 3.38. The highest BCUT2D eigenvalue weighted by molar-refractivity contribution is 6.30. The Hall–Kier alpha value is -3.60. The van der Waals surface area contributed by atoms with Gasteiger partial charge in [-0.3, -0.25) is 19.2 Å². The molecule has 12 heteroatoms. The predicted molar refractivity (Wildman–Crippen MR) is 119 cm³/mol. The summed E-state index contributed by atoms with van der Waals surface area (Å²) in [5.41, 5.74) is -0.244. The summed E-state index contributed by atoms with van der Waals surface area (Å²) in [6, 6.07) is 7.75. The molecule has 2 amide bonds. The SMILES string of the molecule is COc1cc(F)c([C@@H]2CN(c3ccn(CC(F)F)n3)C(=O)[C@H]2NC(=O)c2ccc(Cl)cc2)c(F)c1. The number of amides is 2. The van der Waals surface area contributed by atoms with Crippen molar-refractivity contribution in [2.75, 3.05) is 18.6 Å². The smallest absolute Gasteiger partial charge is 0.257 e. The van der Waals surface area contributed by atoms with E-state index in [1.165, 1.54) is 43.6 Å². The minimum absolute atomic E-state index is 0.0122. The van der Waals surface area contributed by atoms with Crippen LogP contribution in [-0.2, 0) is 11.3 Å². The van der Waals surface area contributed by atoms with Gasteiger partial charge >= 0.3 is 0 Å². The third-order valence-corrected chi connectivity index (χ3v) is 5.85. The van der Waals surface area contributed by atoms with Gasteiger partial charge in [-0.05, 0) is 24.3 Å². The van der Waals surface area contributed by atoms with Gasteiger partial charge in [0.1, 0.15) is 30.0 Å². The molecule has 0 bridgehead atoms. The van der Waals surface area contributed by atoms with E-state index in [4.69, 9.17) is 16.3 Å². The van der Waals surface area contributed by atoms with Crippen molar-refractivity contribution < 1.29 is 31.9 Å². The molecule has 35 heavy (non-hydrogen) atoms. The molecule has 1 aliphatic rings. The summed E-state index contributed by atoms with van der Waals surface area (Å²) in [4.78, 5) is 27.2. The Morgan fingerprint density at radius 1 is 1.20 bits per heavy atom. The normalized spacial score (nSPS) is 17.8. The van der Waals surface area contributed by atoms with Gasteiger partial charge < -0.3 is 10.1 Å². The van der Waals surface area contributed by atoms with E-state index in [1.54, 1.807) is 0 Å². The van der Waals surface area contributed by atoms with Gasteiger partial charge in [-0.15, -0.1) is 0 Å². The van der Waals surface area contributed by atoms with Gasteiger partial charge in [-0.1, -0.05) is 11.6 Å². The van der Waals surface area contributed by atoms with Crippen LogP contribution in [0.15, 0.2) is 48.7 Å². The Morgan fingerprint density at radius 3 is 2.46 bits per heavy atom. The summed E-state index contributed by atoms with van der Waals surface area (Å²) in [5, 5.41) is 6.91. The first kappa shape index (κ1) is 24.5. The molecule has 1 aromatic heterocycles. The molecule has 2 atom stereocenters. The first-order valence-corrected chi connectivity index (χ1v) is 10.8. The van der Waals surface area contributed by atoms with Crippen LogP contribution in [-0.4, -0.2) is 47.7 Å². The summed E-state index contributed by atoms with van der Waals surface area (Å²) in [5.74, 6) is -4.48. The molecule has 184 valence electrons. The quantitative estimate of drug-likeness (QED) is 0.487. The number of alkyl halides is 2. The Kier molecular flexibility index (Phi) is 6.97. The number of methoxy groups -OCH3 is 1. The van der Waals surface area contributed by atoms with Gasteiger partial charge in [0.25, 0.3) is 18.2 Å². The van der Waals surface area contributed by atoms with Crippen LogP contribution in [0.4, 0.5) is 23.4 Å². The minimum atomic E-state index is -2.67. The molecule has 3 aromatic rings. The van der Waals surface area contributed by atoms with Gasteiger partial charge in [0.15, 0.2) is 5.82 Å². The van der Waals surface area contributed by atoms with Crippen molar-refractivity contribution in [3.63, 3.8) is 0 Å². The van der Waals surface area contributed by atoms with E-state index in [9.17, 15) is 27.2 Å². The lowest BCUT2D eigenvalue weighted by Gasteiger charge is -2.20. The predicted octanol–water partition coefficient (Wildman–Crippen LogP) is 4.02. The highest BCUT2D eigenvalue weighted by atomic mass is 35.5. The molecule has 1 fully saturated rings. The van der Waals surface area contributed by atoms with Crippen molar-refractivity contribution >= 4 is 29.2 Å². The van der Waals surface area contributed by atoms with Gasteiger partial charge in [0.05, 0.1) is 7.11 Å². The van der Waals surface area contributed by atoms with Crippen LogP contribution in [0, 0.1) is 11.6 Å². The molecule has 1 N–H and O–H groups in total. The number of nitrogens with one attached hydrogen (secondary N) is 1. The summed E-state index contributed by atoms with van der Waals surface area (Å²) < 4.78 is 61.2. The molecule has 0 aliphatic carbocycles. The molecular formula is C23H19ClF4N4O3. The standard InChI is InChI=1S/C23H19ClF4N4O3/c1-35-14-8-16(25)20(17(26)9-14)15-10-32(19-6-7-31(30-19)11-18(27)28)23(34)21(15)29-22(33)12-2-4-13(24)5-3-12/h2-9,15,18,21H,10-11H2,1H3,(H,29,33)/t15-,21-/m0/s1. The van der Waals surface area contributed by atoms with Crippen molar-refractivity contribution in [2.45, 2.75) is 24.9 Å². The fourth-order valence-electron chi connectivity index (χ4n) is 3.96. The minimum Gasteiger partial charge on any atom is -0.497 e. The molecule has 0 unspecified atom stereocenters. The van der Waals surface area contributed by atoms with Gasteiger partial charge in [-0.25, -0.2) is 17.6 Å². The topological polar surface area (TPSA) is 76.5 Å². The van der Waals surface area contributed by atoms with Crippen LogP contribution in [0.5, 0.6) is 5.75 Å². The number of rotatable bonds is 7. The zero-order valence-corrected chi connectivity index (χ0v) is 19.0. The number of nitrogens with zero attached hydrogens (tertiary/aromatic N) is 3. The van der Waals surface area contributed by atoms with Crippen molar-refractivity contribution in [3.8, 4) is 5.75 Å². The van der Waals surface area contributed by atoms with E-state index in [0.717, 1.165) is 21.7 Å². The Balaban J connectivity index is 1.70. The Labute approximate surface area is 202 Å². The third kappa shape index (κ3) is 5.09. The molecule has 1 saturated heterocycles. The number of ether oxygens (including phenoxy) is 1. The largest absolute Gasteiger partial charge is 0.497 e. The summed E-state index contributed by atoms with van der Waals surface area (Å²) in [7, 11) is 1.25. The monoisotopic (exact) mass is 510 g/mol. The average molecular weight is 511 g/mol. The molecule has 0 radical (unpaired) electrons. The van der Waals surface area contributed by atoms with Crippen molar-refractivity contribution in [3.05, 3.63) is 76.4 Å². The fourth-order valence-corrected chi connectivity index (χ4v) is 4.08. The lowest BCUT2D eigenvalue weighted by molar-refractivity contribution is -0.118. The van der Waals surface area contributed by atoms with Crippen LogP contribution in [0.25, 0.3) is 0 Å². The van der Waals surface area contributed by atoms with E-state index in [-0.39, 0.29) is 23.7 Å². The lowest BCUT2D eigenvalue weighted by Crippen LogP contribution is -2.44. The van der Waals surface area contributed by atoms with E-state index < -0.39 is 53.9 Å². The molecule has 0 spiro atoms. The molecule has 2 aromatic carbocycles. The first-order chi connectivity index (χ1) is 16.7. The number of carbonyl (C=O) groups excluding carboxylic acids is 2. The number of halogens is 5. The molecule has 0 saturated carbocycles. The Morgan fingerprint density at radius 2 is 1.86 bits per heavy atom. The van der Waals surface area contributed by atoms with Gasteiger partial charge in [0.2, 0.25) is 0 Å². The van der Waals surface area contributed by atoms with Gasteiger partial charge in [-0.2, -0.15) is 5.10 Å². The third-order valence-electron chi connectivity index (χ3n) is 5.59. The zero-order valence-electron chi connectivity index (χ0n) is 18.2.